The molecule has 2 aliphatic heterocycles. The number of aromatic nitrogens is 1. The van der Waals surface area contributed by atoms with Gasteiger partial charge >= 0.3 is 0 Å². The number of nitrogens with one attached hydrogen (secondary N) is 1. The normalized spacial score (nSPS) is 27.9. The molecule has 1 aliphatic carbocycles. The van der Waals surface area contributed by atoms with Crippen LogP contribution in [0.2, 0.25) is 5.02 Å². The van der Waals surface area contributed by atoms with Gasteiger partial charge in [-0.05, 0) is 97.9 Å². The summed E-state index contributed by atoms with van der Waals surface area (Å²) in [6, 6.07) is 13.1. The number of fused-ring (bicyclic) bond motifs is 2. The van der Waals surface area contributed by atoms with Crippen LogP contribution in [0.15, 0.2) is 67.0 Å². The molecule has 6 rings (SSSR count). The van der Waals surface area contributed by atoms with Gasteiger partial charge in [0.1, 0.15) is 22.6 Å². The number of nitrogens with zero attached hydrogens (tertiary/aromatic N) is 2. The smallest absolute Gasteiger partial charge is 0.263 e. The molecule has 2 N–H and O–H groups in total. The van der Waals surface area contributed by atoms with E-state index in [0.29, 0.717) is 36.6 Å². The molecule has 2 aromatic carbocycles. The second-order valence-corrected chi connectivity index (χ2v) is 15.2. The molecule has 0 spiro atoms. The van der Waals surface area contributed by atoms with Gasteiger partial charge < -0.3 is 14.7 Å². The molecule has 0 radical (unpaired) electrons. The molecule has 3 aromatic rings. The largest absolute Gasteiger partial charge is 0.491 e. The van der Waals surface area contributed by atoms with Crippen molar-refractivity contribution in [2.75, 3.05) is 31.7 Å². The lowest BCUT2D eigenvalue weighted by Crippen LogP contribution is -2.42. The van der Waals surface area contributed by atoms with Gasteiger partial charge in [0, 0.05) is 60.6 Å². The number of carbonyl (C=O) groups excluding carboxylic acids is 1. The lowest BCUT2D eigenvalue weighted by Gasteiger charge is -2.44. The molecular formula is C38H47ClFN3O4S. The maximum absolute atomic E-state index is 15.3. The second-order valence-electron chi connectivity index (χ2n) is 13.2. The van der Waals surface area contributed by atoms with Gasteiger partial charge in [0.05, 0.1) is 17.5 Å². The molecular weight excluding hydrogens is 649 g/mol. The third kappa shape index (κ3) is 7.95. The summed E-state index contributed by atoms with van der Waals surface area (Å²) in [6.07, 6.45) is 12.0. The molecule has 0 saturated heterocycles. The molecule has 7 nitrogen and oxygen atoms in total. The van der Waals surface area contributed by atoms with Crippen LogP contribution in [0.4, 0.5) is 10.1 Å². The summed E-state index contributed by atoms with van der Waals surface area (Å²) in [4.78, 5) is 20.1. The standard InChI is InChI=1S/C37H43ClFN3O3S.CH4O/c1-4-6-25-17-29(38)11-13-30(25)28-21-42-20-27-9-12-31(27)32(33-19-40-16-15-34(33)39)8-5-7-23(2)24(3)46(44)41-37(43)26-10-14-36(45-22-28)35(42)18-26;1-2/h5,8,10-11,13-19,23-24,27-28,31-32H,4,6-7,9,12,20-22H2,1-3H3,(H,41,43);2H,1H3/b8-5+;. The Bertz CT molecular complexity index is 1640. The van der Waals surface area contributed by atoms with Crippen LogP contribution < -0.4 is 14.4 Å². The number of benzene rings is 2. The Balaban J connectivity index is 0.00000221. The van der Waals surface area contributed by atoms with Gasteiger partial charge in [0.25, 0.3) is 5.91 Å². The van der Waals surface area contributed by atoms with Crippen LogP contribution in [0.5, 0.6) is 5.75 Å². The first-order chi connectivity index (χ1) is 23.2. The van der Waals surface area contributed by atoms with Crippen molar-refractivity contribution in [2.24, 2.45) is 17.8 Å². The average Bonchev–Trinajstić information content (AvgIpc) is 3.25. The van der Waals surface area contributed by atoms with E-state index in [1.165, 1.54) is 23.4 Å². The van der Waals surface area contributed by atoms with Crippen molar-refractivity contribution in [1.82, 2.24) is 9.71 Å². The van der Waals surface area contributed by atoms with Crippen LogP contribution in [0.3, 0.4) is 0 Å². The summed E-state index contributed by atoms with van der Waals surface area (Å²) in [7, 11) is -0.579. The number of rotatable bonds is 4. The summed E-state index contributed by atoms with van der Waals surface area (Å²) in [5, 5.41) is 7.45. The molecule has 7 unspecified atom stereocenters. The number of allylic oxidation sites excluding steroid dienone is 2. The first kappa shape index (κ1) is 36.0. The van der Waals surface area contributed by atoms with Crippen LogP contribution in [0.25, 0.3) is 0 Å². The molecule has 1 aromatic heterocycles. The molecule has 3 heterocycles. The third-order valence-corrected chi connectivity index (χ3v) is 12.0. The van der Waals surface area contributed by atoms with Crippen LogP contribution >= 0.6 is 11.6 Å². The number of amides is 1. The molecule has 7 atom stereocenters. The number of aliphatic hydroxyl groups excluding tert-OH is 1. The number of hydrogen-bond acceptors (Lipinski definition) is 6. The topological polar surface area (TPSA) is 91.8 Å². The third-order valence-electron chi connectivity index (χ3n) is 10.2. The Morgan fingerprint density at radius 3 is 2.65 bits per heavy atom. The quantitative estimate of drug-likeness (QED) is 0.273. The van der Waals surface area contributed by atoms with Crippen LogP contribution in [0.1, 0.15) is 85.3 Å². The van der Waals surface area contributed by atoms with Crippen LogP contribution in [-0.4, -0.2) is 52.3 Å². The van der Waals surface area contributed by atoms with Crippen molar-refractivity contribution in [1.29, 1.82) is 0 Å². The van der Waals surface area contributed by atoms with Crippen LogP contribution in [0, 0.1) is 23.6 Å². The van der Waals surface area contributed by atoms with Gasteiger partial charge in [-0.25, -0.2) is 8.60 Å². The Hall–Kier alpha value is -3.27. The minimum atomic E-state index is -1.58. The molecule has 10 heteroatoms. The Morgan fingerprint density at radius 2 is 1.92 bits per heavy atom. The summed E-state index contributed by atoms with van der Waals surface area (Å²) in [5.41, 5.74) is 4.38. The van der Waals surface area contributed by atoms with E-state index in [4.69, 9.17) is 21.4 Å². The van der Waals surface area contributed by atoms with Crippen molar-refractivity contribution >= 4 is 34.2 Å². The van der Waals surface area contributed by atoms with E-state index in [1.807, 2.05) is 32.0 Å². The number of anilines is 1. The van der Waals surface area contributed by atoms with E-state index in [0.717, 1.165) is 55.8 Å². The number of ether oxygens (including phenoxy) is 1. The predicted octanol–water partition coefficient (Wildman–Crippen LogP) is 7.61. The minimum Gasteiger partial charge on any atom is -0.491 e. The van der Waals surface area contributed by atoms with Gasteiger partial charge in [-0.15, -0.1) is 0 Å². The van der Waals surface area contributed by atoms with E-state index in [-0.39, 0.29) is 40.6 Å². The first-order valence-corrected chi connectivity index (χ1v) is 18.5. The molecule has 48 heavy (non-hydrogen) atoms. The number of aliphatic hydroxyl groups is 1. The van der Waals surface area contributed by atoms with E-state index >= 15 is 4.39 Å². The Morgan fingerprint density at radius 1 is 1.10 bits per heavy atom. The van der Waals surface area contributed by atoms with E-state index in [1.54, 1.807) is 12.3 Å². The second kappa shape index (κ2) is 16.4. The maximum atomic E-state index is 15.3. The number of aryl methyl sites for hydroxylation is 1. The minimum absolute atomic E-state index is 0.0419. The van der Waals surface area contributed by atoms with Crippen molar-refractivity contribution in [2.45, 2.75) is 70.0 Å². The van der Waals surface area contributed by atoms with Gasteiger partial charge in [0.2, 0.25) is 0 Å². The SMILES string of the molecule is CCCc1cc(Cl)ccc1C1COc2ccc3cc2N(C1)CC1CCC1C(c1cnccc1F)/C=C/CC(C)C(C)S(=O)NC3=O.CO. The van der Waals surface area contributed by atoms with Crippen molar-refractivity contribution in [3.63, 3.8) is 0 Å². The number of carbonyl (C=O) groups is 1. The molecule has 1 amide bonds. The zero-order valence-electron chi connectivity index (χ0n) is 28.2. The fourth-order valence-electron chi connectivity index (χ4n) is 7.23. The van der Waals surface area contributed by atoms with E-state index < -0.39 is 11.0 Å². The Kier molecular flexibility index (Phi) is 12.3. The summed E-state index contributed by atoms with van der Waals surface area (Å²) < 4.78 is 37.8. The molecule has 1 fully saturated rings. The molecule has 2 bridgehead atoms. The highest BCUT2D eigenvalue weighted by Gasteiger charge is 2.40. The lowest BCUT2D eigenvalue weighted by atomic mass is 9.65. The number of halogens is 2. The zero-order chi connectivity index (χ0) is 34.4. The summed E-state index contributed by atoms with van der Waals surface area (Å²) in [5.74, 6) is 0.655. The zero-order valence-corrected chi connectivity index (χ0v) is 29.8. The highest BCUT2D eigenvalue weighted by atomic mass is 35.5. The lowest BCUT2D eigenvalue weighted by molar-refractivity contribution is 0.0982. The van der Waals surface area contributed by atoms with Gasteiger partial charge in [-0.1, -0.05) is 50.1 Å². The van der Waals surface area contributed by atoms with E-state index in [9.17, 15) is 9.00 Å². The number of pyridine rings is 1. The number of hydrogen-bond donors (Lipinski definition) is 2. The highest BCUT2D eigenvalue weighted by molar-refractivity contribution is 7.84. The van der Waals surface area contributed by atoms with Crippen molar-refractivity contribution in [3.8, 4) is 5.75 Å². The fraction of sp³-hybridized carbons (Fsp3) is 0.474. The van der Waals surface area contributed by atoms with Gasteiger partial charge in [-0.2, -0.15) is 0 Å². The van der Waals surface area contributed by atoms with Gasteiger partial charge in [0.15, 0.2) is 0 Å². The average molecular weight is 696 g/mol. The first-order valence-electron chi connectivity index (χ1n) is 17.0. The Labute approximate surface area is 291 Å². The molecule has 1 saturated carbocycles. The molecule has 3 aliphatic rings. The van der Waals surface area contributed by atoms with Crippen molar-refractivity contribution < 1.29 is 23.2 Å². The van der Waals surface area contributed by atoms with Gasteiger partial charge in [-0.3, -0.25) is 14.5 Å². The van der Waals surface area contributed by atoms with E-state index in [2.05, 4.69) is 45.8 Å². The van der Waals surface area contributed by atoms with Crippen molar-refractivity contribution in [3.05, 3.63) is 100 Å². The maximum Gasteiger partial charge on any atom is 0.263 e. The highest BCUT2D eigenvalue weighted by Crippen LogP contribution is 2.47. The summed E-state index contributed by atoms with van der Waals surface area (Å²) in [6.45, 7) is 8.03. The predicted molar refractivity (Wildman–Crippen MR) is 192 cm³/mol. The van der Waals surface area contributed by atoms with Crippen LogP contribution in [-0.2, 0) is 17.4 Å². The fourth-order valence-corrected chi connectivity index (χ4v) is 8.44. The summed E-state index contributed by atoms with van der Waals surface area (Å²) >= 11 is 6.43. The molecule has 258 valence electrons. The monoisotopic (exact) mass is 695 g/mol.